The minimum atomic E-state index is -3.66. The lowest BCUT2D eigenvalue weighted by Crippen LogP contribution is -2.11. The Morgan fingerprint density at radius 3 is 1.68 bits per heavy atom. The molecule has 2 N–H and O–H groups in total. The summed E-state index contributed by atoms with van der Waals surface area (Å²) in [7, 11) is -3.66. The van der Waals surface area contributed by atoms with Crippen LogP contribution in [0.15, 0.2) is 53.4 Å². The van der Waals surface area contributed by atoms with Gasteiger partial charge in [0.2, 0.25) is 10.0 Å². The molecule has 5 heteroatoms. The molecule has 0 aliphatic rings. The lowest BCUT2D eigenvalue weighted by atomic mass is 10.1. The summed E-state index contributed by atoms with van der Waals surface area (Å²) in [6.07, 6.45) is 3.62. The summed E-state index contributed by atoms with van der Waals surface area (Å²) in [6.45, 7) is 0. The van der Waals surface area contributed by atoms with Gasteiger partial charge >= 0.3 is 0 Å². The molecule has 2 rings (SSSR count). The van der Waals surface area contributed by atoms with Gasteiger partial charge in [0.25, 0.3) is 0 Å². The quantitative estimate of drug-likeness (QED) is 0.877. The summed E-state index contributed by atoms with van der Waals surface area (Å²) in [5.74, 6) is -0.283. The van der Waals surface area contributed by atoms with Crippen molar-refractivity contribution < 1.29 is 12.8 Å². The molecule has 0 unspecified atom stereocenters. The largest absolute Gasteiger partial charge is 0.238 e. The van der Waals surface area contributed by atoms with E-state index in [1.54, 1.807) is 30.3 Å². The zero-order valence-electron chi connectivity index (χ0n) is 9.95. The molecule has 0 spiro atoms. The normalized spacial score (nSPS) is 11.9. The van der Waals surface area contributed by atoms with Crippen molar-refractivity contribution in [2.45, 2.75) is 4.90 Å². The van der Waals surface area contributed by atoms with Gasteiger partial charge in [0.05, 0.1) is 4.90 Å². The van der Waals surface area contributed by atoms with Crippen LogP contribution in [0.25, 0.3) is 12.2 Å². The summed E-state index contributed by atoms with van der Waals surface area (Å²) in [5, 5.41) is 5.00. The fourth-order valence-electron chi connectivity index (χ4n) is 1.53. The first kappa shape index (κ1) is 13.5. The molecule has 3 nitrogen and oxygen atoms in total. The van der Waals surface area contributed by atoms with Crippen LogP contribution in [-0.4, -0.2) is 8.42 Å². The van der Waals surface area contributed by atoms with Gasteiger partial charge in [-0.05, 0) is 35.4 Å². The Bertz CT molecular complexity index is 689. The molecule has 2 aromatic rings. The van der Waals surface area contributed by atoms with Crippen molar-refractivity contribution in [3.05, 3.63) is 65.5 Å². The van der Waals surface area contributed by atoms with E-state index < -0.39 is 10.0 Å². The van der Waals surface area contributed by atoms with Gasteiger partial charge < -0.3 is 0 Å². The number of primary sulfonamides is 1. The average Bonchev–Trinajstić information content (AvgIpc) is 2.37. The molecule has 0 amide bonds. The Morgan fingerprint density at radius 1 is 0.842 bits per heavy atom. The Morgan fingerprint density at radius 2 is 1.26 bits per heavy atom. The van der Waals surface area contributed by atoms with Crippen molar-refractivity contribution in [3.63, 3.8) is 0 Å². The molecular weight excluding hydrogens is 265 g/mol. The van der Waals surface area contributed by atoms with Gasteiger partial charge in [-0.15, -0.1) is 0 Å². The molecule has 2 aromatic carbocycles. The first-order valence-corrected chi connectivity index (χ1v) is 7.06. The highest BCUT2D eigenvalue weighted by molar-refractivity contribution is 7.89. The summed E-state index contributed by atoms with van der Waals surface area (Å²) in [5.41, 5.74) is 1.69. The van der Waals surface area contributed by atoms with E-state index in [-0.39, 0.29) is 10.7 Å². The van der Waals surface area contributed by atoms with Crippen molar-refractivity contribution in [2.75, 3.05) is 0 Å². The molecule has 0 saturated heterocycles. The molecule has 0 atom stereocenters. The second kappa shape index (κ2) is 5.34. The molecular formula is C14H12FNO2S. The van der Waals surface area contributed by atoms with Gasteiger partial charge in [-0.3, -0.25) is 0 Å². The van der Waals surface area contributed by atoms with Gasteiger partial charge in [0, 0.05) is 0 Å². The second-order valence-corrected chi connectivity index (χ2v) is 5.56. The van der Waals surface area contributed by atoms with E-state index in [4.69, 9.17) is 5.14 Å². The minimum Gasteiger partial charge on any atom is -0.225 e. The van der Waals surface area contributed by atoms with E-state index in [0.717, 1.165) is 11.1 Å². The van der Waals surface area contributed by atoms with E-state index in [0.29, 0.717) is 0 Å². The molecule has 0 fully saturated rings. The first-order valence-electron chi connectivity index (χ1n) is 5.52. The Labute approximate surface area is 111 Å². The van der Waals surface area contributed by atoms with Crippen LogP contribution in [-0.2, 0) is 10.0 Å². The highest BCUT2D eigenvalue weighted by Gasteiger charge is 2.05. The maximum absolute atomic E-state index is 12.7. The zero-order chi connectivity index (χ0) is 13.9. The van der Waals surface area contributed by atoms with Crippen molar-refractivity contribution in [1.29, 1.82) is 0 Å². The molecule has 0 bridgehead atoms. The van der Waals surface area contributed by atoms with Gasteiger partial charge in [-0.2, -0.15) is 0 Å². The zero-order valence-corrected chi connectivity index (χ0v) is 10.8. The summed E-state index contributed by atoms with van der Waals surface area (Å²) in [6, 6.07) is 12.3. The molecule has 0 aliphatic heterocycles. The van der Waals surface area contributed by atoms with E-state index in [9.17, 15) is 12.8 Å². The summed E-state index contributed by atoms with van der Waals surface area (Å²) < 4.78 is 34.9. The van der Waals surface area contributed by atoms with Gasteiger partial charge in [0.1, 0.15) is 5.82 Å². The van der Waals surface area contributed by atoms with E-state index >= 15 is 0 Å². The van der Waals surface area contributed by atoms with E-state index in [1.165, 1.54) is 24.3 Å². The fraction of sp³-hybridized carbons (Fsp3) is 0. The van der Waals surface area contributed by atoms with Crippen LogP contribution in [0.5, 0.6) is 0 Å². The first-order chi connectivity index (χ1) is 8.95. The second-order valence-electron chi connectivity index (χ2n) is 4.00. The van der Waals surface area contributed by atoms with Crippen LogP contribution in [0.2, 0.25) is 0 Å². The van der Waals surface area contributed by atoms with Gasteiger partial charge in [0.15, 0.2) is 0 Å². The molecule has 0 radical (unpaired) electrons. The summed E-state index contributed by atoms with van der Waals surface area (Å²) in [4.78, 5) is 0.0754. The third kappa shape index (κ3) is 3.74. The predicted molar refractivity (Wildman–Crippen MR) is 73.1 cm³/mol. The third-order valence-electron chi connectivity index (χ3n) is 2.55. The molecule has 0 saturated carbocycles. The van der Waals surface area contributed by atoms with Crippen LogP contribution >= 0.6 is 0 Å². The number of halogens is 1. The van der Waals surface area contributed by atoms with E-state index in [1.807, 2.05) is 6.08 Å². The Kier molecular flexibility index (Phi) is 3.78. The maximum atomic E-state index is 12.7. The Balaban J connectivity index is 2.18. The fourth-order valence-corrected chi connectivity index (χ4v) is 2.05. The highest BCUT2D eigenvalue weighted by atomic mass is 32.2. The van der Waals surface area contributed by atoms with Crippen LogP contribution in [0.4, 0.5) is 4.39 Å². The lowest BCUT2D eigenvalue weighted by Gasteiger charge is -1.98. The molecule has 0 heterocycles. The smallest absolute Gasteiger partial charge is 0.225 e. The number of hydrogen-bond acceptors (Lipinski definition) is 2. The van der Waals surface area contributed by atoms with E-state index in [2.05, 4.69) is 0 Å². The van der Waals surface area contributed by atoms with Crippen molar-refractivity contribution in [1.82, 2.24) is 0 Å². The molecule has 98 valence electrons. The maximum Gasteiger partial charge on any atom is 0.238 e. The number of rotatable bonds is 3. The van der Waals surface area contributed by atoms with Crippen LogP contribution in [0.3, 0.4) is 0 Å². The van der Waals surface area contributed by atoms with Crippen molar-refractivity contribution in [3.8, 4) is 0 Å². The van der Waals surface area contributed by atoms with Gasteiger partial charge in [-0.1, -0.05) is 36.4 Å². The third-order valence-corrected chi connectivity index (χ3v) is 3.48. The Hall–Kier alpha value is -1.98. The predicted octanol–water partition coefficient (Wildman–Crippen LogP) is 2.64. The number of hydrogen-bond donors (Lipinski definition) is 1. The summed E-state index contributed by atoms with van der Waals surface area (Å²) >= 11 is 0. The monoisotopic (exact) mass is 277 g/mol. The average molecular weight is 277 g/mol. The molecule has 19 heavy (non-hydrogen) atoms. The number of benzene rings is 2. The van der Waals surface area contributed by atoms with Crippen LogP contribution in [0, 0.1) is 5.82 Å². The minimum absolute atomic E-state index is 0.0754. The number of sulfonamides is 1. The topological polar surface area (TPSA) is 60.2 Å². The van der Waals surface area contributed by atoms with Crippen LogP contribution in [0.1, 0.15) is 11.1 Å². The molecule has 0 aliphatic carbocycles. The van der Waals surface area contributed by atoms with Crippen molar-refractivity contribution >= 4 is 22.2 Å². The molecule has 0 aromatic heterocycles. The highest BCUT2D eigenvalue weighted by Crippen LogP contribution is 2.12. The lowest BCUT2D eigenvalue weighted by molar-refractivity contribution is 0.598. The standard InChI is InChI=1S/C14H12FNO2S/c15-13-7-3-11(4-8-13)1-2-12-5-9-14(10-6-12)19(16,17)18/h1-10H,(H2,16,17,18). The number of nitrogens with two attached hydrogens (primary N) is 1. The van der Waals surface area contributed by atoms with Crippen molar-refractivity contribution in [2.24, 2.45) is 5.14 Å². The van der Waals surface area contributed by atoms with Gasteiger partial charge in [-0.25, -0.2) is 17.9 Å². The SMILES string of the molecule is NS(=O)(=O)c1ccc(C=Cc2ccc(F)cc2)cc1. The van der Waals surface area contributed by atoms with Crippen LogP contribution < -0.4 is 5.14 Å².